The fourth-order valence-corrected chi connectivity index (χ4v) is 0.891. The Kier molecular flexibility index (Phi) is 18.7. The van der Waals surface area contributed by atoms with Crippen LogP contribution in [0.1, 0.15) is 26.2 Å². The molecule has 0 aromatic heterocycles. The molecule has 3 heteroatoms. The molecular weight excluding hydrogens is 347 g/mol. The van der Waals surface area contributed by atoms with Crippen LogP contribution in [-0.4, -0.2) is 0 Å². The van der Waals surface area contributed by atoms with Gasteiger partial charge < -0.3 is 34.0 Å². The molecule has 0 bridgehead atoms. The van der Waals surface area contributed by atoms with Gasteiger partial charge in [0.1, 0.15) is 0 Å². The van der Waals surface area contributed by atoms with Gasteiger partial charge in [0, 0.05) is 0 Å². The van der Waals surface area contributed by atoms with E-state index in [0.29, 0.717) is 0 Å². The monoisotopic (exact) mass is 355 g/mol. The van der Waals surface area contributed by atoms with E-state index in [1.165, 1.54) is 18.4 Å². The van der Waals surface area contributed by atoms with Crippen molar-refractivity contribution in [1.82, 2.24) is 0 Å². The van der Waals surface area contributed by atoms with Crippen LogP contribution in [0, 0.1) is 6.08 Å². The van der Waals surface area contributed by atoms with E-state index in [9.17, 15) is 0 Å². The molecule has 1 rings (SSSR count). The van der Waals surface area contributed by atoms with Crippen molar-refractivity contribution < 1.29 is 60.2 Å². The van der Waals surface area contributed by atoms with Gasteiger partial charge in [0.05, 0.1) is 0 Å². The first-order valence-corrected chi connectivity index (χ1v) is 3.19. The smallest absolute Gasteiger partial charge is 1.00 e. The molecule has 1 radical (unpaired) electrons. The summed E-state index contributed by atoms with van der Waals surface area (Å²) in [4.78, 5) is 0. The molecule has 1 aliphatic carbocycles. The van der Waals surface area contributed by atoms with Crippen LogP contribution in [0.25, 0.3) is 0 Å². The van der Waals surface area contributed by atoms with Gasteiger partial charge in [-0.15, -0.1) is 6.42 Å². The zero-order valence-electron chi connectivity index (χ0n) is 6.53. The standard InChI is InChI=1S/C8H11.2BrH.Zr/c1-2-5-8-6-3-4-7-8;;;/h3,6H,2,4-5H2,1H3;2*1H;/q-1;;;+3/p-2. The Labute approximate surface area is 109 Å². The third kappa shape index (κ3) is 7.68. The van der Waals surface area contributed by atoms with Gasteiger partial charge in [-0.3, -0.25) is 6.08 Å². The summed E-state index contributed by atoms with van der Waals surface area (Å²) in [5, 5.41) is 0. The number of hydrogen-bond donors (Lipinski definition) is 0. The first-order chi connectivity index (χ1) is 3.93. The Morgan fingerprint density at radius 1 is 1.45 bits per heavy atom. The number of rotatable bonds is 2. The summed E-state index contributed by atoms with van der Waals surface area (Å²) in [7, 11) is 0. The van der Waals surface area contributed by atoms with Crippen molar-refractivity contribution in [2.45, 2.75) is 26.2 Å². The fraction of sp³-hybridized carbons (Fsp3) is 0.500. The molecule has 0 amide bonds. The van der Waals surface area contributed by atoms with Crippen molar-refractivity contribution in [3.63, 3.8) is 0 Å². The molecule has 0 aliphatic heterocycles. The van der Waals surface area contributed by atoms with Gasteiger partial charge in [0.2, 0.25) is 0 Å². The van der Waals surface area contributed by atoms with Crippen molar-refractivity contribution in [2.24, 2.45) is 0 Å². The van der Waals surface area contributed by atoms with Crippen molar-refractivity contribution in [3.8, 4) is 0 Å². The summed E-state index contributed by atoms with van der Waals surface area (Å²) in [6.07, 6.45) is 11.1. The maximum Gasteiger partial charge on any atom is 3.00 e. The van der Waals surface area contributed by atoms with Gasteiger partial charge in [-0.1, -0.05) is 19.8 Å². The quantitative estimate of drug-likeness (QED) is 0.449. The summed E-state index contributed by atoms with van der Waals surface area (Å²) in [5.74, 6) is 0. The van der Waals surface area contributed by atoms with Crippen LogP contribution in [0.5, 0.6) is 0 Å². The molecule has 0 spiro atoms. The van der Waals surface area contributed by atoms with E-state index < -0.39 is 0 Å². The summed E-state index contributed by atoms with van der Waals surface area (Å²) in [6.45, 7) is 2.20. The van der Waals surface area contributed by atoms with Crippen LogP contribution in [0.3, 0.4) is 0 Å². The molecule has 0 fully saturated rings. The van der Waals surface area contributed by atoms with Crippen molar-refractivity contribution >= 4 is 0 Å². The average Bonchev–Trinajstić information content (AvgIpc) is 2.19. The normalized spacial score (nSPS) is 12.3. The van der Waals surface area contributed by atoms with E-state index in [1.54, 1.807) is 0 Å². The zero-order chi connectivity index (χ0) is 5.82. The number of hydrogen-bond acceptors (Lipinski definition) is 0. The molecule has 1 aliphatic rings. The van der Waals surface area contributed by atoms with Gasteiger partial charge >= 0.3 is 26.2 Å². The largest absolute Gasteiger partial charge is 3.00 e. The summed E-state index contributed by atoms with van der Waals surface area (Å²) in [6, 6.07) is 0. The Morgan fingerprint density at radius 3 is 2.45 bits per heavy atom. The van der Waals surface area contributed by atoms with Crippen LogP contribution < -0.4 is 34.0 Å². The van der Waals surface area contributed by atoms with Crippen LogP contribution >= 0.6 is 0 Å². The van der Waals surface area contributed by atoms with Crippen LogP contribution in [0.15, 0.2) is 17.7 Å². The number of allylic oxidation sites excluding steroid dienone is 4. The molecule has 0 unspecified atom stereocenters. The Morgan fingerprint density at radius 2 is 2.09 bits per heavy atom. The predicted octanol–water partition coefficient (Wildman–Crippen LogP) is -3.52. The molecule has 0 aromatic carbocycles. The van der Waals surface area contributed by atoms with E-state index in [1.807, 2.05) is 0 Å². The van der Waals surface area contributed by atoms with E-state index in [4.69, 9.17) is 0 Å². The molecule has 61 valence electrons. The van der Waals surface area contributed by atoms with Crippen LogP contribution in [-0.2, 0) is 26.2 Å². The molecule has 0 N–H and O–H groups in total. The van der Waals surface area contributed by atoms with Gasteiger partial charge in [0.25, 0.3) is 0 Å². The zero-order valence-corrected chi connectivity index (χ0v) is 12.2. The molecule has 0 nitrogen and oxygen atoms in total. The van der Waals surface area contributed by atoms with Crippen molar-refractivity contribution in [3.05, 3.63) is 23.8 Å². The van der Waals surface area contributed by atoms with Crippen molar-refractivity contribution in [1.29, 1.82) is 0 Å². The Bertz CT molecular complexity index is 130. The minimum absolute atomic E-state index is 0. The Balaban J connectivity index is -0.000000213. The minimum Gasteiger partial charge on any atom is -1.00 e. The van der Waals surface area contributed by atoms with E-state index >= 15 is 0 Å². The molecule has 0 saturated carbocycles. The van der Waals surface area contributed by atoms with Crippen LogP contribution in [0.4, 0.5) is 0 Å². The second-order valence-electron chi connectivity index (χ2n) is 2.06. The molecule has 11 heavy (non-hydrogen) atoms. The van der Waals surface area contributed by atoms with Crippen LogP contribution in [0.2, 0.25) is 0 Å². The van der Waals surface area contributed by atoms with E-state index in [-0.39, 0.29) is 60.2 Å². The average molecular weight is 358 g/mol. The van der Waals surface area contributed by atoms with Gasteiger partial charge in [-0.2, -0.15) is 6.08 Å². The second kappa shape index (κ2) is 11.3. The molecule has 0 aromatic rings. The first-order valence-electron chi connectivity index (χ1n) is 3.19. The SMILES string of the molecule is CCCC1=[C-]CC=C1.[Br-].[Br-].[Zr+3]. The first kappa shape index (κ1) is 18.2. The van der Waals surface area contributed by atoms with E-state index in [0.717, 1.165) is 6.42 Å². The molecular formula is C8H11Br2Zr. The third-order valence-electron chi connectivity index (χ3n) is 1.29. The molecule has 0 atom stereocenters. The maximum atomic E-state index is 3.26. The van der Waals surface area contributed by atoms with Gasteiger partial charge in [-0.25, -0.2) is 11.6 Å². The summed E-state index contributed by atoms with van der Waals surface area (Å²) >= 11 is 0. The summed E-state index contributed by atoms with van der Waals surface area (Å²) < 4.78 is 0. The van der Waals surface area contributed by atoms with Crippen molar-refractivity contribution in [2.75, 3.05) is 0 Å². The third-order valence-corrected chi connectivity index (χ3v) is 1.29. The minimum atomic E-state index is 0. The molecule has 0 heterocycles. The fourth-order valence-electron chi connectivity index (χ4n) is 0.891. The topological polar surface area (TPSA) is 0 Å². The Hall–Kier alpha value is 1.32. The molecule has 0 saturated heterocycles. The maximum absolute atomic E-state index is 3.26. The number of halogens is 2. The van der Waals surface area contributed by atoms with Gasteiger partial charge in [-0.05, 0) is 0 Å². The second-order valence-corrected chi connectivity index (χ2v) is 2.06. The van der Waals surface area contributed by atoms with E-state index in [2.05, 4.69) is 25.2 Å². The predicted molar refractivity (Wildman–Crippen MR) is 35.4 cm³/mol. The van der Waals surface area contributed by atoms with Gasteiger partial charge in [0.15, 0.2) is 0 Å². The summed E-state index contributed by atoms with van der Waals surface area (Å²) in [5.41, 5.74) is 1.40.